The van der Waals surface area contributed by atoms with Gasteiger partial charge in [0.2, 0.25) is 4.67 Å². The van der Waals surface area contributed by atoms with Gasteiger partial charge < -0.3 is 18.1 Å². The maximum Gasteiger partial charge on any atom is 0.520 e. The van der Waals surface area contributed by atoms with Crippen molar-refractivity contribution in [2.75, 3.05) is 0 Å². The van der Waals surface area contributed by atoms with Crippen LogP contribution in [0.3, 0.4) is 0 Å². The highest BCUT2D eigenvalue weighted by Gasteiger charge is 2.27. The summed E-state index contributed by atoms with van der Waals surface area (Å²) in [6.45, 7) is 6.22. The summed E-state index contributed by atoms with van der Waals surface area (Å²) in [5.41, 5.74) is 4.99. The number of hydrogen-bond acceptors (Lipinski definition) is 9. The van der Waals surface area contributed by atoms with Gasteiger partial charge in [-0.15, -0.1) is 5.10 Å². The van der Waals surface area contributed by atoms with Gasteiger partial charge >= 0.3 is 11.8 Å². The Morgan fingerprint density at radius 2 is 1.80 bits per heavy atom. The van der Waals surface area contributed by atoms with Crippen LogP contribution in [0.25, 0.3) is 22.5 Å². The summed E-state index contributed by atoms with van der Waals surface area (Å²) in [6.07, 6.45) is 1.56. The quantitative estimate of drug-likeness (QED) is 0.185. The van der Waals surface area contributed by atoms with Crippen LogP contribution in [0.4, 0.5) is 0 Å². The summed E-state index contributed by atoms with van der Waals surface area (Å²) in [7, 11) is 1.81. The fourth-order valence-corrected chi connectivity index (χ4v) is 4.99. The van der Waals surface area contributed by atoms with Gasteiger partial charge in [-0.25, -0.2) is 19.3 Å². The fourth-order valence-electron chi connectivity index (χ4n) is 4.66. The maximum absolute atomic E-state index is 13.4. The Labute approximate surface area is 244 Å². The SMILES string of the molecule is CCCc1nc(C(C)C)c(C(=O)OCc2oc(=O)oc2Br)n1Cc1ccc(-c2ccccc2-c2nnnn2C)cc1. The van der Waals surface area contributed by atoms with Crippen molar-refractivity contribution in [3.8, 4) is 22.5 Å². The number of hydrogen-bond donors (Lipinski definition) is 0. The number of aryl methyl sites for hydroxylation is 2. The molecule has 3 aromatic heterocycles. The van der Waals surface area contributed by atoms with Crippen LogP contribution >= 0.6 is 15.9 Å². The lowest BCUT2D eigenvalue weighted by molar-refractivity contribution is 0.0428. The molecule has 0 N–H and O–H groups in total. The summed E-state index contributed by atoms with van der Waals surface area (Å²) >= 11 is 3.11. The fraction of sp³-hybridized carbons (Fsp3) is 0.310. The first-order valence-electron chi connectivity index (χ1n) is 13.2. The van der Waals surface area contributed by atoms with Gasteiger partial charge in [0.25, 0.3) is 0 Å². The van der Waals surface area contributed by atoms with Gasteiger partial charge in [-0.2, -0.15) is 0 Å². The average Bonchev–Trinajstić information content (AvgIpc) is 3.64. The van der Waals surface area contributed by atoms with E-state index < -0.39 is 11.8 Å². The van der Waals surface area contributed by atoms with Gasteiger partial charge in [0.05, 0.1) is 5.69 Å². The van der Waals surface area contributed by atoms with Crippen LogP contribution < -0.4 is 5.82 Å². The van der Waals surface area contributed by atoms with E-state index in [1.165, 1.54) is 0 Å². The number of esters is 1. The molecule has 41 heavy (non-hydrogen) atoms. The Hall–Kier alpha value is -4.32. The van der Waals surface area contributed by atoms with E-state index in [1.807, 2.05) is 74.0 Å². The molecule has 2 aromatic carbocycles. The second-order valence-corrected chi connectivity index (χ2v) is 10.6. The number of nitrogens with zero attached hydrogens (tertiary/aromatic N) is 6. The highest BCUT2D eigenvalue weighted by atomic mass is 79.9. The van der Waals surface area contributed by atoms with Gasteiger partial charge in [0, 0.05) is 25.6 Å². The first kappa shape index (κ1) is 28.2. The normalized spacial score (nSPS) is 11.4. The molecule has 12 heteroatoms. The van der Waals surface area contributed by atoms with E-state index in [9.17, 15) is 9.59 Å². The number of imidazole rings is 1. The number of tetrazole rings is 1. The van der Waals surface area contributed by atoms with Crippen LogP contribution in [0.15, 0.2) is 66.8 Å². The second-order valence-electron chi connectivity index (χ2n) is 9.85. The van der Waals surface area contributed by atoms with E-state index in [2.05, 4.69) is 38.4 Å². The Balaban J connectivity index is 1.46. The van der Waals surface area contributed by atoms with Crippen molar-refractivity contribution in [1.29, 1.82) is 0 Å². The number of aromatic nitrogens is 6. The smallest absolute Gasteiger partial charge is 0.453 e. The molecule has 0 amide bonds. The highest BCUT2D eigenvalue weighted by Crippen LogP contribution is 2.31. The Kier molecular flexibility index (Phi) is 8.29. The highest BCUT2D eigenvalue weighted by molar-refractivity contribution is 9.10. The van der Waals surface area contributed by atoms with Gasteiger partial charge in [0.1, 0.15) is 5.82 Å². The van der Waals surface area contributed by atoms with Crippen molar-refractivity contribution in [1.82, 2.24) is 29.8 Å². The van der Waals surface area contributed by atoms with Crippen LogP contribution in [0.5, 0.6) is 0 Å². The average molecular weight is 621 g/mol. The number of halogens is 1. The first-order chi connectivity index (χ1) is 19.8. The number of rotatable bonds is 10. The van der Waals surface area contributed by atoms with E-state index in [0.29, 0.717) is 30.2 Å². The van der Waals surface area contributed by atoms with Crippen LogP contribution in [0, 0.1) is 0 Å². The summed E-state index contributed by atoms with van der Waals surface area (Å²) in [6, 6.07) is 16.2. The predicted octanol–water partition coefficient (Wildman–Crippen LogP) is 5.53. The Morgan fingerprint density at radius 3 is 2.41 bits per heavy atom. The van der Waals surface area contributed by atoms with Crippen molar-refractivity contribution in [2.24, 2.45) is 7.05 Å². The number of carbonyl (C=O) groups excluding carboxylic acids is 1. The monoisotopic (exact) mass is 620 g/mol. The molecule has 0 spiro atoms. The molecule has 11 nitrogen and oxygen atoms in total. The van der Waals surface area contributed by atoms with E-state index >= 15 is 0 Å². The third-order valence-corrected chi connectivity index (χ3v) is 7.22. The molecule has 0 aliphatic heterocycles. The molecule has 0 radical (unpaired) electrons. The molecule has 0 saturated carbocycles. The molecule has 0 atom stereocenters. The lowest BCUT2D eigenvalue weighted by Crippen LogP contribution is -2.17. The van der Waals surface area contributed by atoms with E-state index in [1.54, 1.807) is 4.68 Å². The molecule has 5 rings (SSSR count). The number of carbonyl (C=O) groups is 1. The van der Waals surface area contributed by atoms with Crippen LogP contribution in [0.2, 0.25) is 0 Å². The van der Waals surface area contributed by atoms with E-state index in [-0.39, 0.29) is 23.0 Å². The maximum atomic E-state index is 13.4. The molecule has 0 unspecified atom stereocenters. The largest absolute Gasteiger partial charge is 0.520 e. The summed E-state index contributed by atoms with van der Waals surface area (Å²) < 4.78 is 19.0. The minimum atomic E-state index is -0.875. The van der Waals surface area contributed by atoms with Crippen LogP contribution in [0.1, 0.15) is 66.4 Å². The van der Waals surface area contributed by atoms with Crippen molar-refractivity contribution < 1.29 is 18.4 Å². The zero-order valence-corrected chi connectivity index (χ0v) is 24.7. The predicted molar refractivity (Wildman–Crippen MR) is 153 cm³/mol. The molecule has 0 saturated heterocycles. The molecule has 0 aliphatic rings. The zero-order valence-electron chi connectivity index (χ0n) is 23.1. The first-order valence-corrected chi connectivity index (χ1v) is 14.0. The Bertz CT molecular complexity index is 1730. The topological polar surface area (TPSA) is 131 Å². The summed E-state index contributed by atoms with van der Waals surface area (Å²) in [5, 5.41) is 11.9. The minimum absolute atomic E-state index is 0.0121. The minimum Gasteiger partial charge on any atom is -0.453 e. The molecule has 0 bridgehead atoms. The second kappa shape index (κ2) is 12.0. The lowest BCUT2D eigenvalue weighted by Gasteiger charge is -2.14. The van der Waals surface area contributed by atoms with Crippen molar-refractivity contribution >= 4 is 21.9 Å². The van der Waals surface area contributed by atoms with Crippen molar-refractivity contribution in [3.05, 3.63) is 92.4 Å². The van der Waals surface area contributed by atoms with Gasteiger partial charge in [0.15, 0.2) is 23.9 Å². The Morgan fingerprint density at radius 1 is 1.07 bits per heavy atom. The summed E-state index contributed by atoms with van der Waals surface area (Å²) in [4.78, 5) is 29.7. The van der Waals surface area contributed by atoms with E-state index in [4.69, 9.17) is 18.6 Å². The molecular formula is C29H29BrN6O5. The molecule has 3 heterocycles. The van der Waals surface area contributed by atoms with Gasteiger partial charge in [-0.1, -0.05) is 69.3 Å². The third kappa shape index (κ3) is 5.92. The lowest BCUT2D eigenvalue weighted by atomic mass is 9.98. The van der Waals surface area contributed by atoms with Crippen molar-refractivity contribution in [2.45, 2.75) is 52.7 Å². The van der Waals surface area contributed by atoms with Crippen LogP contribution in [-0.2, 0) is 31.4 Å². The number of benzene rings is 2. The van der Waals surface area contributed by atoms with Crippen LogP contribution in [-0.4, -0.2) is 35.7 Å². The van der Waals surface area contributed by atoms with Gasteiger partial charge in [-0.3, -0.25) is 0 Å². The molecule has 5 aromatic rings. The van der Waals surface area contributed by atoms with Crippen molar-refractivity contribution in [3.63, 3.8) is 0 Å². The van der Waals surface area contributed by atoms with E-state index in [0.717, 1.165) is 34.5 Å². The zero-order chi connectivity index (χ0) is 29.1. The molecule has 212 valence electrons. The standard InChI is InChI=1S/C29H29BrN6O5/c1-5-8-23-31-24(17(2)3)25(28(37)39-16-22-26(30)41-29(38)40-22)36(23)15-18-11-13-19(14-12-18)20-9-6-7-10-21(20)27-32-33-34-35(27)4/h6-7,9-14,17H,5,8,15-16H2,1-4H3. The van der Waals surface area contributed by atoms with Gasteiger partial charge in [-0.05, 0) is 55.4 Å². The molecule has 0 fully saturated rings. The molecule has 0 aliphatic carbocycles. The number of ether oxygens (including phenoxy) is 1. The molecular weight excluding hydrogens is 592 g/mol. The third-order valence-electron chi connectivity index (χ3n) is 6.61. The summed E-state index contributed by atoms with van der Waals surface area (Å²) in [5.74, 6) is 0.147.